The standard InChI is InChI=1S/C20H16O7/c1-3-25-19(23)17(21)11-5-7-15-13(9-11)14-10-12(6-8-16(14)27-15)18(22)20(24)26-4-2/h5-10H,3-4H2,1-2H3. The van der Waals surface area contributed by atoms with Crippen LogP contribution in [0, 0.1) is 0 Å². The second kappa shape index (κ2) is 7.41. The Morgan fingerprint density at radius 3 is 1.52 bits per heavy atom. The molecule has 2 aromatic carbocycles. The number of ether oxygens (including phenoxy) is 2. The van der Waals surface area contributed by atoms with Crippen LogP contribution in [0.2, 0.25) is 0 Å². The van der Waals surface area contributed by atoms with Crippen molar-refractivity contribution < 1.29 is 33.1 Å². The zero-order valence-corrected chi connectivity index (χ0v) is 14.7. The molecule has 0 N–H and O–H groups in total. The van der Waals surface area contributed by atoms with Gasteiger partial charge in [-0.15, -0.1) is 0 Å². The molecule has 0 aliphatic carbocycles. The van der Waals surface area contributed by atoms with Gasteiger partial charge >= 0.3 is 11.9 Å². The van der Waals surface area contributed by atoms with Gasteiger partial charge in [0.15, 0.2) is 0 Å². The molecule has 0 saturated carbocycles. The zero-order valence-electron chi connectivity index (χ0n) is 14.7. The molecule has 138 valence electrons. The molecule has 0 fully saturated rings. The molecule has 0 amide bonds. The third-order valence-corrected chi connectivity index (χ3v) is 3.92. The van der Waals surface area contributed by atoms with E-state index in [1.807, 2.05) is 0 Å². The van der Waals surface area contributed by atoms with Gasteiger partial charge in [0.2, 0.25) is 0 Å². The normalized spacial score (nSPS) is 10.7. The molecule has 0 aliphatic rings. The van der Waals surface area contributed by atoms with E-state index in [0.717, 1.165) is 0 Å². The predicted octanol–water partition coefficient (Wildman–Crippen LogP) is 3.08. The summed E-state index contributed by atoms with van der Waals surface area (Å²) in [5, 5.41) is 1.08. The first-order chi connectivity index (χ1) is 13.0. The summed E-state index contributed by atoms with van der Waals surface area (Å²) in [5.74, 6) is -3.43. The van der Waals surface area contributed by atoms with Crippen molar-refractivity contribution >= 4 is 45.4 Å². The number of carbonyl (C=O) groups is 4. The summed E-state index contributed by atoms with van der Waals surface area (Å²) in [6.45, 7) is 3.42. The van der Waals surface area contributed by atoms with Gasteiger partial charge in [-0.1, -0.05) is 0 Å². The molecule has 3 rings (SSSR count). The molecule has 0 bridgehead atoms. The Labute approximate surface area is 153 Å². The Morgan fingerprint density at radius 2 is 1.15 bits per heavy atom. The van der Waals surface area contributed by atoms with Gasteiger partial charge in [0.25, 0.3) is 11.6 Å². The topological polar surface area (TPSA) is 99.9 Å². The van der Waals surface area contributed by atoms with Gasteiger partial charge in [-0.2, -0.15) is 0 Å². The number of rotatable bonds is 6. The van der Waals surface area contributed by atoms with Gasteiger partial charge in [0.1, 0.15) is 11.2 Å². The lowest BCUT2D eigenvalue weighted by molar-refractivity contribution is -0.138. The van der Waals surface area contributed by atoms with Crippen molar-refractivity contribution in [3.63, 3.8) is 0 Å². The van der Waals surface area contributed by atoms with E-state index in [0.29, 0.717) is 21.9 Å². The van der Waals surface area contributed by atoms with Crippen LogP contribution >= 0.6 is 0 Å². The SMILES string of the molecule is CCOC(=O)C(=O)c1ccc2oc3ccc(C(=O)C(=O)OCC)cc3c2c1. The molecular weight excluding hydrogens is 352 g/mol. The summed E-state index contributed by atoms with van der Waals surface area (Å²) >= 11 is 0. The molecule has 0 aliphatic heterocycles. The van der Waals surface area contributed by atoms with Crippen LogP contribution in [0.3, 0.4) is 0 Å². The molecule has 0 radical (unpaired) electrons. The van der Waals surface area contributed by atoms with Crippen molar-refractivity contribution in [1.29, 1.82) is 0 Å². The number of fused-ring (bicyclic) bond motifs is 3. The monoisotopic (exact) mass is 368 g/mol. The molecule has 7 nitrogen and oxygen atoms in total. The maximum atomic E-state index is 12.2. The molecule has 27 heavy (non-hydrogen) atoms. The van der Waals surface area contributed by atoms with Crippen LogP contribution in [-0.4, -0.2) is 36.7 Å². The molecule has 1 heterocycles. The average molecular weight is 368 g/mol. The average Bonchev–Trinajstić information content (AvgIpc) is 3.04. The smallest absolute Gasteiger partial charge is 0.379 e. The molecule has 3 aromatic rings. The zero-order chi connectivity index (χ0) is 19.6. The summed E-state index contributed by atoms with van der Waals surface area (Å²) in [4.78, 5) is 47.6. The number of ketones is 2. The third kappa shape index (κ3) is 3.44. The Balaban J connectivity index is 2.07. The predicted molar refractivity (Wildman–Crippen MR) is 95.6 cm³/mol. The van der Waals surface area contributed by atoms with Crippen LogP contribution in [-0.2, 0) is 19.1 Å². The van der Waals surface area contributed by atoms with E-state index in [2.05, 4.69) is 0 Å². The molecule has 0 spiro atoms. The molecular formula is C20H16O7. The minimum atomic E-state index is -0.942. The highest BCUT2D eigenvalue weighted by atomic mass is 16.5. The first-order valence-corrected chi connectivity index (χ1v) is 8.35. The van der Waals surface area contributed by atoms with Gasteiger partial charge in [-0.25, -0.2) is 9.59 Å². The summed E-state index contributed by atoms with van der Waals surface area (Å²) in [7, 11) is 0. The van der Waals surface area contributed by atoms with Gasteiger partial charge in [0, 0.05) is 21.9 Å². The third-order valence-electron chi connectivity index (χ3n) is 3.92. The Bertz CT molecular complexity index is 990. The van der Waals surface area contributed by atoms with Crippen LogP contribution in [0.5, 0.6) is 0 Å². The molecule has 0 unspecified atom stereocenters. The van der Waals surface area contributed by atoms with E-state index >= 15 is 0 Å². The van der Waals surface area contributed by atoms with Crippen LogP contribution in [0.15, 0.2) is 40.8 Å². The Hall–Kier alpha value is -3.48. The highest BCUT2D eigenvalue weighted by Crippen LogP contribution is 2.30. The fourth-order valence-corrected chi connectivity index (χ4v) is 2.69. The van der Waals surface area contributed by atoms with Crippen LogP contribution < -0.4 is 0 Å². The van der Waals surface area contributed by atoms with Crippen molar-refractivity contribution in [2.75, 3.05) is 13.2 Å². The number of benzene rings is 2. The fraction of sp³-hybridized carbons (Fsp3) is 0.200. The number of furan rings is 1. The molecule has 1 aromatic heterocycles. The van der Waals surface area contributed by atoms with Crippen LogP contribution in [0.1, 0.15) is 34.6 Å². The van der Waals surface area contributed by atoms with Crippen molar-refractivity contribution in [3.8, 4) is 0 Å². The van der Waals surface area contributed by atoms with E-state index in [9.17, 15) is 19.2 Å². The first-order valence-electron chi connectivity index (χ1n) is 8.35. The lowest BCUT2D eigenvalue weighted by Crippen LogP contribution is -2.17. The molecule has 7 heteroatoms. The summed E-state index contributed by atoms with van der Waals surface area (Å²) in [6, 6.07) is 9.06. The highest BCUT2D eigenvalue weighted by Gasteiger charge is 2.21. The second-order valence-corrected chi connectivity index (χ2v) is 5.62. The summed E-state index contributed by atoms with van der Waals surface area (Å²) in [5.41, 5.74) is 1.24. The van der Waals surface area contributed by atoms with Gasteiger partial charge in [-0.05, 0) is 50.2 Å². The highest BCUT2D eigenvalue weighted by molar-refractivity contribution is 6.41. The second-order valence-electron chi connectivity index (χ2n) is 5.62. The van der Waals surface area contributed by atoms with Crippen LogP contribution in [0.25, 0.3) is 21.9 Å². The van der Waals surface area contributed by atoms with Gasteiger partial charge in [-0.3, -0.25) is 9.59 Å². The fourth-order valence-electron chi connectivity index (χ4n) is 2.69. The molecule has 0 atom stereocenters. The number of hydrogen-bond donors (Lipinski definition) is 0. The van der Waals surface area contributed by atoms with E-state index in [4.69, 9.17) is 13.9 Å². The minimum absolute atomic E-state index is 0.0980. The molecule has 0 saturated heterocycles. The van der Waals surface area contributed by atoms with Crippen molar-refractivity contribution in [2.24, 2.45) is 0 Å². The lowest BCUT2D eigenvalue weighted by atomic mass is 10.0. The lowest BCUT2D eigenvalue weighted by Gasteiger charge is -2.02. The van der Waals surface area contributed by atoms with Crippen molar-refractivity contribution in [3.05, 3.63) is 47.5 Å². The van der Waals surface area contributed by atoms with Crippen molar-refractivity contribution in [2.45, 2.75) is 13.8 Å². The minimum Gasteiger partial charge on any atom is -0.460 e. The maximum Gasteiger partial charge on any atom is 0.379 e. The van der Waals surface area contributed by atoms with E-state index in [-0.39, 0.29) is 24.3 Å². The van der Waals surface area contributed by atoms with E-state index in [1.54, 1.807) is 26.0 Å². The van der Waals surface area contributed by atoms with Gasteiger partial charge in [0.05, 0.1) is 13.2 Å². The van der Waals surface area contributed by atoms with Gasteiger partial charge < -0.3 is 13.9 Å². The Morgan fingerprint density at radius 1 is 0.741 bits per heavy atom. The number of hydrogen-bond acceptors (Lipinski definition) is 7. The first kappa shape index (κ1) is 18.3. The van der Waals surface area contributed by atoms with Crippen molar-refractivity contribution in [1.82, 2.24) is 0 Å². The number of carbonyl (C=O) groups excluding carboxylic acids is 4. The van der Waals surface area contributed by atoms with Crippen LogP contribution in [0.4, 0.5) is 0 Å². The van der Waals surface area contributed by atoms with E-state index in [1.165, 1.54) is 24.3 Å². The maximum absolute atomic E-state index is 12.2. The quantitative estimate of drug-likeness (QED) is 0.374. The largest absolute Gasteiger partial charge is 0.460 e. The Kier molecular flexibility index (Phi) is 5.03. The van der Waals surface area contributed by atoms with E-state index < -0.39 is 23.5 Å². The number of esters is 2. The number of Topliss-reactive ketones (excluding diaryl/α,β-unsaturated/α-hetero) is 2. The summed E-state index contributed by atoms with van der Waals surface area (Å²) < 4.78 is 15.1. The summed E-state index contributed by atoms with van der Waals surface area (Å²) in [6.07, 6.45) is 0.